The molecule has 1 heterocycles. The lowest BCUT2D eigenvalue weighted by Crippen LogP contribution is -2.39. The summed E-state index contributed by atoms with van der Waals surface area (Å²) in [5, 5.41) is 7.23. The zero-order valence-corrected chi connectivity index (χ0v) is 19.5. The molecule has 32 heavy (non-hydrogen) atoms. The summed E-state index contributed by atoms with van der Waals surface area (Å²) < 4.78 is 7.65. The Morgan fingerprint density at radius 2 is 1.81 bits per heavy atom. The summed E-state index contributed by atoms with van der Waals surface area (Å²) in [5.41, 5.74) is 2.35. The minimum atomic E-state index is 0.150. The minimum Gasteiger partial charge on any atom is -0.497 e. The number of rotatable bonds is 7. The Kier molecular flexibility index (Phi) is 7.05. The fraction of sp³-hybridized carbons (Fsp3) is 0.400. The molecule has 1 saturated carbocycles. The number of ether oxygens (including phenoxy) is 1. The first-order valence-electron chi connectivity index (χ1n) is 11.2. The summed E-state index contributed by atoms with van der Waals surface area (Å²) in [4.78, 5) is 14.9. The van der Waals surface area contributed by atoms with E-state index in [1.807, 2.05) is 40.8 Å². The molecule has 3 aromatic rings. The molecule has 1 N–H and O–H groups in total. The maximum absolute atomic E-state index is 13.0. The van der Waals surface area contributed by atoms with Crippen LogP contribution >= 0.6 is 12.2 Å². The molecule has 1 amide bonds. The molecule has 0 saturated heterocycles. The summed E-state index contributed by atoms with van der Waals surface area (Å²) in [6.07, 6.45) is 4.74. The van der Waals surface area contributed by atoms with Crippen molar-refractivity contribution in [2.45, 2.75) is 50.6 Å². The van der Waals surface area contributed by atoms with E-state index < -0.39 is 0 Å². The van der Waals surface area contributed by atoms with E-state index in [0.717, 1.165) is 42.8 Å². The number of hydrogen-bond donors (Lipinski definition) is 1. The fourth-order valence-electron chi connectivity index (χ4n) is 4.59. The molecule has 0 aliphatic heterocycles. The first-order valence-corrected chi connectivity index (χ1v) is 11.6. The second-order valence-electron chi connectivity index (χ2n) is 8.40. The van der Waals surface area contributed by atoms with Crippen LogP contribution in [0, 0.1) is 4.77 Å². The van der Waals surface area contributed by atoms with Crippen molar-refractivity contribution in [1.29, 1.82) is 0 Å². The lowest BCUT2D eigenvalue weighted by Gasteiger charge is -2.35. The van der Waals surface area contributed by atoms with E-state index in [1.54, 1.807) is 7.11 Å². The Hall–Kier alpha value is -2.93. The SMILES string of the molecule is COc1ccc(-c2n[nH]c(=S)n2CCC(=O)N(C)C2CCC(c3ccccc3)CC2)cc1. The van der Waals surface area contributed by atoms with Crippen molar-refractivity contribution in [1.82, 2.24) is 19.7 Å². The van der Waals surface area contributed by atoms with Crippen LogP contribution in [0.4, 0.5) is 0 Å². The van der Waals surface area contributed by atoms with Gasteiger partial charge in [-0.3, -0.25) is 14.5 Å². The number of aromatic amines is 1. The number of H-pyrrole nitrogens is 1. The zero-order valence-electron chi connectivity index (χ0n) is 18.7. The van der Waals surface area contributed by atoms with Gasteiger partial charge in [-0.1, -0.05) is 30.3 Å². The monoisotopic (exact) mass is 450 g/mol. The van der Waals surface area contributed by atoms with E-state index in [4.69, 9.17) is 17.0 Å². The van der Waals surface area contributed by atoms with Crippen LogP contribution in [-0.4, -0.2) is 45.8 Å². The highest BCUT2D eigenvalue weighted by Crippen LogP contribution is 2.34. The van der Waals surface area contributed by atoms with Crippen molar-refractivity contribution in [3.63, 3.8) is 0 Å². The van der Waals surface area contributed by atoms with E-state index in [9.17, 15) is 4.79 Å². The van der Waals surface area contributed by atoms with Crippen molar-refractivity contribution in [2.24, 2.45) is 0 Å². The number of hydrogen-bond acceptors (Lipinski definition) is 4. The minimum absolute atomic E-state index is 0.150. The quantitative estimate of drug-likeness (QED) is 0.503. The number of amides is 1. The third-order valence-electron chi connectivity index (χ3n) is 6.56. The number of benzene rings is 2. The van der Waals surface area contributed by atoms with Crippen LogP contribution in [0.25, 0.3) is 11.4 Å². The van der Waals surface area contributed by atoms with Crippen LogP contribution in [-0.2, 0) is 11.3 Å². The molecule has 1 aromatic heterocycles. The number of methoxy groups -OCH3 is 1. The summed E-state index contributed by atoms with van der Waals surface area (Å²) in [6.45, 7) is 0.499. The Balaban J connectivity index is 1.35. The van der Waals surface area contributed by atoms with Crippen LogP contribution < -0.4 is 4.74 Å². The van der Waals surface area contributed by atoms with Gasteiger partial charge in [0.15, 0.2) is 10.6 Å². The van der Waals surface area contributed by atoms with Gasteiger partial charge in [-0.05, 0) is 73.6 Å². The van der Waals surface area contributed by atoms with E-state index in [0.29, 0.717) is 29.7 Å². The predicted octanol–water partition coefficient (Wildman–Crippen LogP) is 5.19. The molecule has 0 atom stereocenters. The van der Waals surface area contributed by atoms with Gasteiger partial charge in [0, 0.05) is 31.6 Å². The van der Waals surface area contributed by atoms with E-state index in [2.05, 4.69) is 40.5 Å². The molecule has 0 radical (unpaired) electrons. The maximum atomic E-state index is 13.0. The van der Waals surface area contributed by atoms with Crippen molar-refractivity contribution >= 4 is 18.1 Å². The number of carbonyl (C=O) groups excluding carboxylic acids is 1. The summed E-state index contributed by atoms with van der Waals surface area (Å²) in [5.74, 6) is 2.27. The van der Waals surface area contributed by atoms with Gasteiger partial charge in [-0.25, -0.2) is 0 Å². The van der Waals surface area contributed by atoms with E-state index in [1.165, 1.54) is 5.56 Å². The van der Waals surface area contributed by atoms with Crippen LogP contribution in [0.2, 0.25) is 0 Å². The number of nitrogens with zero attached hydrogens (tertiary/aromatic N) is 3. The van der Waals surface area contributed by atoms with Crippen molar-refractivity contribution < 1.29 is 9.53 Å². The molecule has 6 nitrogen and oxygen atoms in total. The summed E-state index contributed by atoms with van der Waals surface area (Å²) in [7, 11) is 3.58. The third-order valence-corrected chi connectivity index (χ3v) is 6.88. The van der Waals surface area contributed by atoms with Gasteiger partial charge in [0.1, 0.15) is 5.75 Å². The van der Waals surface area contributed by atoms with Gasteiger partial charge in [0.05, 0.1) is 7.11 Å². The zero-order chi connectivity index (χ0) is 22.5. The second-order valence-corrected chi connectivity index (χ2v) is 8.79. The molecule has 1 fully saturated rings. The van der Waals surface area contributed by atoms with Crippen LogP contribution in [0.15, 0.2) is 54.6 Å². The highest BCUT2D eigenvalue weighted by atomic mass is 32.1. The van der Waals surface area contributed by atoms with Gasteiger partial charge in [0.25, 0.3) is 0 Å². The topological polar surface area (TPSA) is 63.1 Å². The van der Waals surface area contributed by atoms with Crippen molar-refractivity contribution in [3.8, 4) is 17.1 Å². The summed E-state index contributed by atoms with van der Waals surface area (Å²) >= 11 is 5.42. The molecule has 1 aliphatic rings. The van der Waals surface area contributed by atoms with Crippen LogP contribution in [0.3, 0.4) is 0 Å². The smallest absolute Gasteiger partial charge is 0.224 e. The van der Waals surface area contributed by atoms with Crippen molar-refractivity contribution in [3.05, 3.63) is 64.9 Å². The molecule has 0 unspecified atom stereocenters. The molecule has 1 aliphatic carbocycles. The average Bonchev–Trinajstić information content (AvgIpc) is 3.22. The Labute approximate surface area is 194 Å². The molecule has 0 spiro atoms. The van der Waals surface area contributed by atoms with Gasteiger partial charge < -0.3 is 9.64 Å². The van der Waals surface area contributed by atoms with Crippen LogP contribution in [0.1, 0.15) is 43.6 Å². The first kappa shape index (κ1) is 22.3. The number of nitrogens with one attached hydrogen (secondary N) is 1. The Morgan fingerprint density at radius 1 is 1.12 bits per heavy atom. The lowest BCUT2D eigenvalue weighted by molar-refractivity contribution is -0.132. The van der Waals surface area contributed by atoms with E-state index >= 15 is 0 Å². The number of aromatic nitrogens is 3. The van der Waals surface area contributed by atoms with Gasteiger partial charge in [-0.2, -0.15) is 5.10 Å². The first-order chi connectivity index (χ1) is 15.6. The fourth-order valence-corrected chi connectivity index (χ4v) is 4.82. The van der Waals surface area contributed by atoms with E-state index in [-0.39, 0.29) is 5.91 Å². The Bertz CT molecular complexity index is 1080. The predicted molar refractivity (Wildman–Crippen MR) is 128 cm³/mol. The molecular weight excluding hydrogens is 420 g/mol. The molecule has 0 bridgehead atoms. The van der Waals surface area contributed by atoms with Gasteiger partial charge in [-0.15, -0.1) is 0 Å². The second kappa shape index (κ2) is 10.1. The Morgan fingerprint density at radius 3 is 2.47 bits per heavy atom. The average molecular weight is 451 g/mol. The highest BCUT2D eigenvalue weighted by molar-refractivity contribution is 7.71. The largest absolute Gasteiger partial charge is 0.497 e. The van der Waals surface area contributed by atoms with Gasteiger partial charge in [0.2, 0.25) is 5.91 Å². The molecule has 4 rings (SSSR count). The molecule has 7 heteroatoms. The summed E-state index contributed by atoms with van der Waals surface area (Å²) in [6, 6.07) is 18.7. The van der Waals surface area contributed by atoms with Crippen molar-refractivity contribution in [2.75, 3.05) is 14.2 Å². The standard InChI is InChI=1S/C25H30N4O2S/c1-28(21-12-8-19(9-13-21)18-6-4-3-5-7-18)23(30)16-17-29-24(26-27-25(29)32)20-10-14-22(31-2)15-11-20/h3-7,10-11,14-15,19,21H,8-9,12-13,16-17H2,1-2H3,(H,27,32). The highest BCUT2D eigenvalue weighted by Gasteiger charge is 2.27. The maximum Gasteiger partial charge on any atom is 0.224 e. The third kappa shape index (κ3) is 4.93. The normalized spacial score (nSPS) is 18.3. The number of carbonyl (C=O) groups is 1. The lowest BCUT2D eigenvalue weighted by atomic mass is 9.81. The van der Waals surface area contributed by atoms with Gasteiger partial charge >= 0.3 is 0 Å². The molecule has 168 valence electrons. The molecule has 2 aromatic carbocycles. The molecular formula is C25H30N4O2S. The van der Waals surface area contributed by atoms with Crippen LogP contribution in [0.5, 0.6) is 5.75 Å².